The summed E-state index contributed by atoms with van der Waals surface area (Å²) in [6.07, 6.45) is 3.20. The fraction of sp³-hybridized carbons (Fsp3) is 0.529. The van der Waals surface area contributed by atoms with Crippen molar-refractivity contribution in [1.29, 1.82) is 0 Å². The van der Waals surface area contributed by atoms with Crippen molar-refractivity contribution in [3.8, 4) is 0 Å². The van der Waals surface area contributed by atoms with Crippen molar-refractivity contribution in [1.82, 2.24) is 5.32 Å². The van der Waals surface area contributed by atoms with Gasteiger partial charge in [-0.2, -0.15) is 0 Å². The number of hydrogen-bond donors (Lipinski definition) is 3. The van der Waals surface area contributed by atoms with E-state index in [1.54, 1.807) is 0 Å². The lowest BCUT2D eigenvalue weighted by Crippen LogP contribution is -2.39. The first-order valence-corrected chi connectivity index (χ1v) is 7.79. The Balaban J connectivity index is 1.83. The highest BCUT2D eigenvalue weighted by Gasteiger charge is 2.22. The predicted molar refractivity (Wildman–Crippen MR) is 85.5 cm³/mol. The number of rotatable bonds is 3. The van der Waals surface area contributed by atoms with Crippen LogP contribution in [0.25, 0.3) is 0 Å². The van der Waals surface area contributed by atoms with Gasteiger partial charge in [0, 0.05) is 12.2 Å². The molecule has 0 aromatic heterocycles. The minimum absolute atomic E-state index is 0.252. The molecule has 5 heteroatoms. The van der Waals surface area contributed by atoms with E-state index in [0.717, 1.165) is 30.4 Å². The highest BCUT2D eigenvalue weighted by atomic mass is 16.3. The molecule has 1 aliphatic rings. The number of amides is 2. The second-order valence-corrected chi connectivity index (χ2v) is 6.23. The number of nitrogens with one attached hydrogen (secondary N) is 2. The van der Waals surface area contributed by atoms with Crippen LogP contribution in [-0.4, -0.2) is 29.6 Å². The zero-order chi connectivity index (χ0) is 16.1. The summed E-state index contributed by atoms with van der Waals surface area (Å²) < 4.78 is 0. The quantitative estimate of drug-likeness (QED) is 0.746. The Morgan fingerprint density at radius 2 is 1.82 bits per heavy atom. The van der Waals surface area contributed by atoms with Gasteiger partial charge in [0.15, 0.2) is 0 Å². The number of aryl methyl sites for hydroxylation is 2. The summed E-state index contributed by atoms with van der Waals surface area (Å²) in [4.78, 5) is 23.8. The topological polar surface area (TPSA) is 78.4 Å². The number of aliphatic hydroxyl groups is 1. The van der Waals surface area contributed by atoms with Crippen LogP contribution < -0.4 is 10.6 Å². The summed E-state index contributed by atoms with van der Waals surface area (Å²) in [7, 11) is 0. The van der Waals surface area contributed by atoms with Gasteiger partial charge in [-0.25, -0.2) is 0 Å². The molecule has 2 amide bonds. The van der Waals surface area contributed by atoms with Crippen molar-refractivity contribution < 1.29 is 14.7 Å². The molecule has 1 aromatic carbocycles. The lowest BCUT2D eigenvalue weighted by Gasteiger charge is -2.25. The Bertz CT molecular complexity index is 537. The zero-order valence-corrected chi connectivity index (χ0v) is 13.2. The minimum atomic E-state index is -0.652. The predicted octanol–water partition coefficient (Wildman–Crippen LogP) is 1.91. The van der Waals surface area contributed by atoms with Crippen molar-refractivity contribution in [2.75, 3.05) is 11.9 Å². The molecule has 0 radical (unpaired) electrons. The maximum absolute atomic E-state index is 11.9. The highest BCUT2D eigenvalue weighted by Crippen LogP contribution is 2.23. The maximum Gasteiger partial charge on any atom is 0.313 e. The third-order valence-corrected chi connectivity index (χ3v) is 3.99. The van der Waals surface area contributed by atoms with Crippen molar-refractivity contribution in [3.05, 3.63) is 29.3 Å². The van der Waals surface area contributed by atoms with Crippen LogP contribution in [0.4, 0.5) is 5.69 Å². The van der Waals surface area contributed by atoms with Gasteiger partial charge in [-0.1, -0.05) is 12.5 Å². The fourth-order valence-electron chi connectivity index (χ4n) is 3.00. The maximum atomic E-state index is 11.9. The lowest BCUT2D eigenvalue weighted by atomic mass is 9.87. The molecule has 0 saturated heterocycles. The van der Waals surface area contributed by atoms with E-state index in [9.17, 15) is 14.7 Å². The van der Waals surface area contributed by atoms with E-state index in [2.05, 4.69) is 10.6 Å². The van der Waals surface area contributed by atoms with Gasteiger partial charge in [-0.05, 0) is 62.3 Å². The molecule has 0 spiro atoms. The minimum Gasteiger partial charge on any atom is -0.393 e. The molecule has 2 rings (SSSR count). The standard InChI is InChI=1S/C17H24N2O3/c1-11-6-12(2)8-14(7-11)19-17(22)16(21)18-10-13-4-3-5-15(20)9-13/h6-8,13,15,20H,3-5,9-10H2,1-2H3,(H,18,21)(H,19,22). The highest BCUT2D eigenvalue weighted by molar-refractivity contribution is 6.39. The molecular formula is C17H24N2O3. The van der Waals surface area contributed by atoms with Gasteiger partial charge in [0.2, 0.25) is 0 Å². The summed E-state index contributed by atoms with van der Waals surface area (Å²) in [5.41, 5.74) is 2.70. The summed E-state index contributed by atoms with van der Waals surface area (Å²) in [5.74, 6) is -1.03. The van der Waals surface area contributed by atoms with Crippen LogP contribution in [0, 0.1) is 19.8 Å². The summed E-state index contributed by atoms with van der Waals surface area (Å²) in [5, 5.41) is 14.9. The molecule has 1 aromatic rings. The Morgan fingerprint density at radius 3 is 2.45 bits per heavy atom. The van der Waals surface area contributed by atoms with E-state index in [4.69, 9.17) is 0 Å². The van der Waals surface area contributed by atoms with Gasteiger partial charge >= 0.3 is 11.8 Å². The largest absolute Gasteiger partial charge is 0.393 e. The molecule has 120 valence electrons. The van der Waals surface area contributed by atoms with Gasteiger partial charge in [0.1, 0.15) is 0 Å². The number of carbonyl (C=O) groups is 2. The van der Waals surface area contributed by atoms with E-state index < -0.39 is 11.8 Å². The molecule has 0 heterocycles. The van der Waals surface area contributed by atoms with E-state index in [-0.39, 0.29) is 12.0 Å². The molecule has 1 saturated carbocycles. The van der Waals surface area contributed by atoms with Crippen LogP contribution in [0.1, 0.15) is 36.8 Å². The molecule has 2 atom stereocenters. The van der Waals surface area contributed by atoms with Crippen LogP contribution >= 0.6 is 0 Å². The zero-order valence-electron chi connectivity index (χ0n) is 13.2. The third-order valence-electron chi connectivity index (χ3n) is 3.99. The van der Waals surface area contributed by atoms with E-state index in [1.165, 1.54) is 0 Å². The van der Waals surface area contributed by atoms with Crippen LogP contribution in [0.3, 0.4) is 0 Å². The number of carbonyl (C=O) groups excluding carboxylic acids is 2. The normalized spacial score (nSPS) is 21.2. The van der Waals surface area contributed by atoms with Gasteiger partial charge in [-0.15, -0.1) is 0 Å². The summed E-state index contributed by atoms with van der Waals surface area (Å²) in [6.45, 7) is 4.32. The monoisotopic (exact) mass is 304 g/mol. The number of hydrogen-bond acceptors (Lipinski definition) is 3. The summed E-state index contributed by atoms with van der Waals surface area (Å²) in [6, 6.07) is 5.66. The van der Waals surface area contributed by atoms with Crippen molar-refractivity contribution in [2.45, 2.75) is 45.6 Å². The van der Waals surface area contributed by atoms with Gasteiger partial charge in [0.25, 0.3) is 0 Å². The van der Waals surface area contributed by atoms with Crippen molar-refractivity contribution >= 4 is 17.5 Å². The molecule has 0 aliphatic heterocycles. The SMILES string of the molecule is Cc1cc(C)cc(NC(=O)C(=O)NCC2CCCC(O)C2)c1. The van der Waals surface area contributed by atoms with Crippen LogP contribution in [-0.2, 0) is 9.59 Å². The molecule has 22 heavy (non-hydrogen) atoms. The average molecular weight is 304 g/mol. The molecular weight excluding hydrogens is 280 g/mol. The Hall–Kier alpha value is -1.88. The molecule has 3 N–H and O–H groups in total. The first kappa shape index (κ1) is 16.5. The molecule has 1 fully saturated rings. The van der Waals surface area contributed by atoms with Crippen molar-refractivity contribution in [3.63, 3.8) is 0 Å². The van der Waals surface area contributed by atoms with E-state index >= 15 is 0 Å². The molecule has 1 aliphatic carbocycles. The lowest BCUT2D eigenvalue weighted by molar-refractivity contribution is -0.136. The smallest absolute Gasteiger partial charge is 0.313 e. The van der Waals surface area contributed by atoms with Crippen LogP contribution in [0.15, 0.2) is 18.2 Å². The second-order valence-electron chi connectivity index (χ2n) is 6.23. The first-order valence-electron chi connectivity index (χ1n) is 7.79. The Morgan fingerprint density at radius 1 is 1.14 bits per heavy atom. The third kappa shape index (κ3) is 4.84. The Labute approximate surface area is 131 Å². The van der Waals surface area contributed by atoms with Crippen LogP contribution in [0.2, 0.25) is 0 Å². The molecule has 5 nitrogen and oxygen atoms in total. The summed E-state index contributed by atoms with van der Waals surface area (Å²) >= 11 is 0. The fourth-order valence-corrected chi connectivity index (χ4v) is 3.00. The van der Waals surface area contributed by atoms with Gasteiger partial charge < -0.3 is 15.7 Å². The second kappa shape index (κ2) is 7.40. The average Bonchev–Trinajstić information content (AvgIpc) is 2.43. The van der Waals surface area contributed by atoms with Gasteiger partial charge in [0.05, 0.1) is 6.10 Å². The van der Waals surface area contributed by atoms with Gasteiger partial charge in [-0.3, -0.25) is 9.59 Å². The van der Waals surface area contributed by atoms with E-state index in [1.807, 2.05) is 32.0 Å². The molecule has 2 unspecified atom stereocenters. The Kier molecular flexibility index (Phi) is 5.55. The van der Waals surface area contributed by atoms with E-state index in [0.29, 0.717) is 18.7 Å². The van der Waals surface area contributed by atoms with Crippen LogP contribution in [0.5, 0.6) is 0 Å². The number of anilines is 1. The first-order chi connectivity index (χ1) is 10.4. The van der Waals surface area contributed by atoms with Crippen molar-refractivity contribution in [2.24, 2.45) is 5.92 Å². The molecule has 0 bridgehead atoms. The number of benzene rings is 1. The number of aliphatic hydroxyl groups excluding tert-OH is 1.